The van der Waals surface area contributed by atoms with Gasteiger partial charge in [-0.05, 0) is 5.56 Å². The lowest BCUT2D eigenvalue weighted by Crippen LogP contribution is -2.12. The van der Waals surface area contributed by atoms with Gasteiger partial charge in [-0.3, -0.25) is 9.20 Å². The molecule has 0 fully saturated rings. The zero-order valence-corrected chi connectivity index (χ0v) is 13.6. The van der Waals surface area contributed by atoms with Gasteiger partial charge in [0.1, 0.15) is 0 Å². The number of H-pyrrole nitrogens is 1. The van der Waals surface area contributed by atoms with Crippen molar-refractivity contribution in [2.75, 3.05) is 0 Å². The number of imidazole rings is 1. The van der Waals surface area contributed by atoms with Gasteiger partial charge in [-0.15, -0.1) is 11.3 Å². The largest absolute Gasteiger partial charge is 0.333 e. The summed E-state index contributed by atoms with van der Waals surface area (Å²) in [6.45, 7) is 0. The first-order chi connectivity index (χ1) is 11.3. The topological polar surface area (TPSA) is 63.0 Å². The molecule has 0 aliphatic heterocycles. The minimum absolute atomic E-state index is 0.0451. The molecule has 0 radical (unpaired) electrons. The Morgan fingerprint density at radius 1 is 1.26 bits per heavy atom. The Morgan fingerprint density at radius 3 is 3.00 bits per heavy atom. The van der Waals surface area contributed by atoms with E-state index in [-0.39, 0.29) is 5.56 Å². The highest BCUT2D eigenvalue weighted by atomic mass is 32.2. The lowest BCUT2D eigenvalue weighted by Gasteiger charge is -1.99. The summed E-state index contributed by atoms with van der Waals surface area (Å²) in [6.07, 6.45) is 3.56. The molecule has 0 atom stereocenters. The van der Waals surface area contributed by atoms with Gasteiger partial charge in [0, 0.05) is 23.4 Å². The third-order valence-electron chi connectivity index (χ3n) is 3.35. The van der Waals surface area contributed by atoms with Gasteiger partial charge in [-0.1, -0.05) is 42.1 Å². The van der Waals surface area contributed by atoms with Crippen molar-refractivity contribution in [2.24, 2.45) is 0 Å². The molecular weight excluding hydrogens is 328 g/mol. The van der Waals surface area contributed by atoms with Crippen molar-refractivity contribution in [1.29, 1.82) is 0 Å². The first kappa shape index (κ1) is 14.2. The molecule has 0 aliphatic rings. The maximum absolute atomic E-state index is 12.0. The van der Waals surface area contributed by atoms with Crippen LogP contribution in [0, 0.1) is 0 Å². The van der Waals surface area contributed by atoms with Crippen LogP contribution in [0.1, 0.15) is 5.69 Å². The van der Waals surface area contributed by atoms with Crippen LogP contribution in [0.25, 0.3) is 16.2 Å². The summed E-state index contributed by atoms with van der Waals surface area (Å²) in [5.74, 6) is 0.603. The van der Waals surface area contributed by atoms with Gasteiger partial charge < -0.3 is 4.98 Å². The van der Waals surface area contributed by atoms with Crippen molar-refractivity contribution >= 4 is 28.1 Å². The quantitative estimate of drug-likeness (QED) is 0.578. The molecule has 5 nitrogen and oxygen atoms in total. The summed E-state index contributed by atoms with van der Waals surface area (Å²) < 4.78 is 1.55. The smallest absolute Gasteiger partial charge is 0.258 e. The van der Waals surface area contributed by atoms with E-state index in [0.717, 1.165) is 27.1 Å². The Kier molecular flexibility index (Phi) is 3.72. The fraction of sp³-hybridized carbons (Fsp3) is 0.0625. The maximum atomic E-state index is 12.0. The van der Waals surface area contributed by atoms with Gasteiger partial charge in [0.15, 0.2) is 10.1 Å². The van der Waals surface area contributed by atoms with Crippen molar-refractivity contribution in [1.82, 2.24) is 19.4 Å². The fourth-order valence-electron chi connectivity index (χ4n) is 2.24. The number of aromatic amines is 1. The van der Waals surface area contributed by atoms with Crippen molar-refractivity contribution in [3.05, 3.63) is 70.2 Å². The second kappa shape index (κ2) is 6.02. The summed E-state index contributed by atoms with van der Waals surface area (Å²) in [6, 6.07) is 11.6. The molecule has 0 saturated carbocycles. The third-order valence-corrected chi connectivity index (χ3v) is 5.03. The molecule has 0 saturated heterocycles. The number of fused-ring (bicyclic) bond motifs is 1. The number of hydrogen-bond acceptors (Lipinski definition) is 5. The van der Waals surface area contributed by atoms with Crippen molar-refractivity contribution in [3.8, 4) is 11.3 Å². The van der Waals surface area contributed by atoms with Crippen molar-refractivity contribution in [2.45, 2.75) is 10.9 Å². The standard InChI is InChI=1S/C16H12N4OS2/c21-14-8-12(18-16-20(14)6-7-22-16)10-23-15-17-9-13(19-15)11-4-2-1-3-5-11/h1-9H,10H2,(H,17,19). The molecule has 1 N–H and O–H groups in total. The first-order valence-electron chi connectivity index (χ1n) is 6.98. The SMILES string of the molecule is O=c1cc(CSc2ncc(-c3ccccc3)[nH]2)nc2sccn12. The summed E-state index contributed by atoms with van der Waals surface area (Å²) in [5.41, 5.74) is 2.80. The summed E-state index contributed by atoms with van der Waals surface area (Å²) in [7, 11) is 0. The molecule has 0 spiro atoms. The summed E-state index contributed by atoms with van der Waals surface area (Å²) >= 11 is 2.99. The van der Waals surface area contributed by atoms with Crippen LogP contribution in [-0.4, -0.2) is 19.4 Å². The van der Waals surface area contributed by atoms with E-state index in [2.05, 4.69) is 15.0 Å². The van der Waals surface area contributed by atoms with Gasteiger partial charge in [0.25, 0.3) is 5.56 Å². The molecule has 0 bridgehead atoms. The second-order valence-corrected chi connectivity index (χ2v) is 6.74. The Balaban J connectivity index is 1.52. The number of thioether (sulfide) groups is 1. The van der Waals surface area contributed by atoms with E-state index in [0.29, 0.717) is 5.75 Å². The number of rotatable bonds is 4. The predicted molar refractivity (Wildman–Crippen MR) is 92.9 cm³/mol. The van der Waals surface area contributed by atoms with Crippen molar-refractivity contribution in [3.63, 3.8) is 0 Å². The van der Waals surface area contributed by atoms with Crippen molar-refractivity contribution < 1.29 is 0 Å². The number of aromatic nitrogens is 4. The van der Waals surface area contributed by atoms with Gasteiger partial charge in [-0.25, -0.2) is 9.97 Å². The molecule has 0 amide bonds. The van der Waals surface area contributed by atoms with E-state index in [9.17, 15) is 4.79 Å². The molecule has 0 unspecified atom stereocenters. The molecule has 114 valence electrons. The normalized spacial score (nSPS) is 11.1. The fourth-order valence-corrected chi connectivity index (χ4v) is 3.73. The summed E-state index contributed by atoms with van der Waals surface area (Å²) in [5, 5.41) is 2.68. The Hall–Kier alpha value is -2.38. The highest BCUT2D eigenvalue weighted by Gasteiger charge is 2.07. The number of benzene rings is 1. The van der Waals surface area contributed by atoms with Gasteiger partial charge in [0.05, 0.1) is 17.6 Å². The second-order valence-electron chi connectivity index (χ2n) is 4.90. The van der Waals surface area contributed by atoms with E-state index in [1.54, 1.807) is 16.7 Å². The van der Waals surface area contributed by atoms with E-state index < -0.39 is 0 Å². The molecule has 3 aromatic heterocycles. The molecule has 1 aromatic carbocycles. The van der Waals surface area contributed by atoms with E-state index in [1.807, 2.05) is 41.9 Å². The van der Waals surface area contributed by atoms with Gasteiger partial charge in [0.2, 0.25) is 0 Å². The number of thiazole rings is 1. The highest BCUT2D eigenvalue weighted by Crippen LogP contribution is 2.23. The molecule has 4 aromatic rings. The van der Waals surface area contributed by atoms with Crippen LogP contribution >= 0.6 is 23.1 Å². The molecule has 7 heteroatoms. The Bertz CT molecular complexity index is 1000. The first-order valence-corrected chi connectivity index (χ1v) is 8.85. The van der Waals surface area contributed by atoms with Crippen LogP contribution in [0.5, 0.6) is 0 Å². The average molecular weight is 340 g/mol. The zero-order valence-electron chi connectivity index (χ0n) is 12.0. The number of nitrogens with zero attached hydrogens (tertiary/aromatic N) is 3. The minimum atomic E-state index is -0.0451. The molecule has 3 heterocycles. The minimum Gasteiger partial charge on any atom is -0.333 e. The predicted octanol–water partition coefficient (Wildman–Crippen LogP) is 3.44. The number of nitrogens with one attached hydrogen (secondary N) is 1. The van der Waals surface area contributed by atoms with Crippen LogP contribution < -0.4 is 5.56 Å². The van der Waals surface area contributed by atoms with E-state index in [1.165, 1.54) is 23.1 Å². The highest BCUT2D eigenvalue weighted by molar-refractivity contribution is 7.98. The summed E-state index contributed by atoms with van der Waals surface area (Å²) in [4.78, 5) is 24.8. The van der Waals surface area contributed by atoms with E-state index >= 15 is 0 Å². The molecule has 23 heavy (non-hydrogen) atoms. The molecule has 4 rings (SSSR count). The van der Waals surface area contributed by atoms with Crippen LogP contribution in [0.2, 0.25) is 0 Å². The molecular formula is C16H12N4OS2. The van der Waals surface area contributed by atoms with Crippen LogP contribution in [0.3, 0.4) is 0 Å². The van der Waals surface area contributed by atoms with Gasteiger partial charge in [-0.2, -0.15) is 0 Å². The Morgan fingerprint density at radius 2 is 2.13 bits per heavy atom. The number of hydrogen-bond donors (Lipinski definition) is 1. The van der Waals surface area contributed by atoms with Crippen LogP contribution in [-0.2, 0) is 5.75 Å². The molecule has 0 aliphatic carbocycles. The third kappa shape index (κ3) is 2.93. The van der Waals surface area contributed by atoms with Crippen LogP contribution in [0.4, 0.5) is 0 Å². The average Bonchev–Trinajstić information content (AvgIpc) is 3.23. The maximum Gasteiger partial charge on any atom is 0.258 e. The lowest BCUT2D eigenvalue weighted by molar-refractivity contribution is 1.03. The lowest BCUT2D eigenvalue weighted by atomic mass is 10.2. The van der Waals surface area contributed by atoms with Gasteiger partial charge >= 0.3 is 0 Å². The zero-order chi connectivity index (χ0) is 15.6. The van der Waals surface area contributed by atoms with Crippen LogP contribution in [0.15, 0.2) is 64.1 Å². The van der Waals surface area contributed by atoms with E-state index in [4.69, 9.17) is 0 Å². The monoisotopic (exact) mass is 340 g/mol. The Labute approximate surface area is 140 Å².